The molecule has 2 N–H and O–H groups in total. The lowest BCUT2D eigenvalue weighted by Gasteiger charge is -2.07. The number of aromatic amines is 1. The van der Waals surface area contributed by atoms with Gasteiger partial charge >= 0.3 is 0 Å². The van der Waals surface area contributed by atoms with Crippen molar-refractivity contribution in [2.75, 3.05) is 11.1 Å². The maximum atomic E-state index is 12.3. The molecule has 2 heterocycles. The lowest BCUT2D eigenvalue weighted by Crippen LogP contribution is -2.14. The van der Waals surface area contributed by atoms with Gasteiger partial charge in [0.1, 0.15) is 11.6 Å². The molecular formula is C22H24N6OS. The third kappa shape index (κ3) is 4.71. The summed E-state index contributed by atoms with van der Waals surface area (Å²) >= 11 is 1.38. The molecule has 2 aromatic carbocycles. The van der Waals surface area contributed by atoms with E-state index in [9.17, 15) is 4.79 Å². The van der Waals surface area contributed by atoms with Crippen molar-refractivity contribution in [2.24, 2.45) is 7.05 Å². The van der Waals surface area contributed by atoms with Gasteiger partial charge < -0.3 is 14.9 Å². The second-order valence-electron chi connectivity index (χ2n) is 7.37. The minimum atomic E-state index is -0.0585. The number of benzene rings is 2. The molecule has 1 amide bonds. The quantitative estimate of drug-likeness (QED) is 0.444. The number of amides is 1. The molecule has 0 bridgehead atoms. The highest BCUT2D eigenvalue weighted by Gasteiger charge is 2.13. The zero-order valence-corrected chi connectivity index (χ0v) is 18.1. The average molecular weight is 421 g/mol. The lowest BCUT2D eigenvalue weighted by atomic mass is 10.1. The highest BCUT2D eigenvalue weighted by atomic mass is 32.2. The summed E-state index contributed by atoms with van der Waals surface area (Å²) in [7, 11) is 1.93. The Hall–Kier alpha value is -3.13. The molecule has 0 fully saturated rings. The number of carbonyl (C=O) groups is 1. The maximum absolute atomic E-state index is 12.3. The van der Waals surface area contributed by atoms with Crippen LogP contribution < -0.4 is 5.32 Å². The molecule has 0 aliphatic rings. The van der Waals surface area contributed by atoms with Crippen molar-refractivity contribution >= 4 is 34.4 Å². The molecule has 0 saturated carbocycles. The van der Waals surface area contributed by atoms with Crippen molar-refractivity contribution in [2.45, 2.75) is 31.8 Å². The second-order valence-corrected chi connectivity index (χ2v) is 8.31. The summed E-state index contributed by atoms with van der Waals surface area (Å²) in [5.41, 5.74) is 5.08. The number of para-hydroxylation sites is 2. The Morgan fingerprint density at radius 3 is 2.63 bits per heavy atom. The minimum absolute atomic E-state index is 0.0585. The van der Waals surface area contributed by atoms with E-state index in [0.29, 0.717) is 0 Å². The molecule has 7 nitrogen and oxygen atoms in total. The summed E-state index contributed by atoms with van der Waals surface area (Å²) in [6.45, 7) is 4.04. The predicted octanol–water partition coefficient (Wildman–Crippen LogP) is 3.82. The number of hydrogen-bond donors (Lipinski definition) is 2. The van der Waals surface area contributed by atoms with E-state index in [-0.39, 0.29) is 11.7 Å². The summed E-state index contributed by atoms with van der Waals surface area (Å²) in [4.78, 5) is 20.3. The number of aryl methyl sites for hydroxylation is 4. The van der Waals surface area contributed by atoms with E-state index in [1.54, 1.807) is 0 Å². The van der Waals surface area contributed by atoms with Gasteiger partial charge in [0.25, 0.3) is 0 Å². The summed E-state index contributed by atoms with van der Waals surface area (Å²) < 4.78 is 1.94. The molecule has 0 aliphatic carbocycles. The highest BCUT2D eigenvalue weighted by Crippen LogP contribution is 2.19. The Balaban J connectivity index is 1.33. The molecule has 0 radical (unpaired) electrons. The molecule has 0 atom stereocenters. The molecule has 0 saturated heterocycles. The average Bonchev–Trinajstić information content (AvgIpc) is 3.26. The first-order valence-corrected chi connectivity index (χ1v) is 10.8. The Bertz CT molecular complexity index is 1140. The molecule has 8 heteroatoms. The number of H-pyrrole nitrogens is 1. The lowest BCUT2D eigenvalue weighted by molar-refractivity contribution is -0.113. The second kappa shape index (κ2) is 8.71. The third-order valence-corrected chi connectivity index (χ3v) is 5.81. The van der Waals surface area contributed by atoms with Crippen molar-refractivity contribution < 1.29 is 4.79 Å². The van der Waals surface area contributed by atoms with Gasteiger partial charge in [-0.05, 0) is 49.2 Å². The standard InChI is InChI=1S/C22H24N6OS/c1-14-10-15(2)12-16(11-14)23-21(29)13-30-22-27-26-20(28(22)3)9-8-19-24-17-6-4-5-7-18(17)25-19/h4-7,10-12H,8-9,13H2,1-3H3,(H,23,29)(H,24,25). The van der Waals surface area contributed by atoms with E-state index < -0.39 is 0 Å². The van der Waals surface area contributed by atoms with Gasteiger partial charge in [-0.3, -0.25) is 4.79 Å². The van der Waals surface area contributed by atoms with Crippen molar-refractivity contribution in [3.8, 4) is 0 Å². The number of anilines is 1. The van der Waals surface area contributed by atoms with Gasteiger partial charge in [0.05, 0.1) is 16.8 Å². The van der Waals surface area contributed by atoms with Crippen molar-refractivity contribution in [1.29, 1.82) is 0 Å². The number of rotatable bonds is 7. The largest absolute Gasteiger partial charge is 0.342 e. The number of aromatic nitrogens is 5. The smallest absolute Gasteiger partial charge is 0.234 e. The Morgan fingerprint density at radius 1 is 1.10 bits per heavy atom. The van der Waals surface area contributed by atoms with E-state index in [4.69, 9.17) is 0 Å². The first-order chi connectivity index (χ1) is 14.5. The summed E-state index contributed by atoms with van der Waals surface area (Å²) in [6, 6.07) is 14.0. The Labute approximate surface area is 179 Å². The molecule has 4 aromatic rings. The highest BCUT2D eigenvalue weighted by molar-refractivity contribution is 7.99. The van der Waals surface area contributed by atoms with Crippen LogP contribution >= 0.6 is 11.8 Å². The fraction of sp³-hybridized carbons (Fsp3) is 0.273. The molecule has 0 aliphatic heterocycles. The van der Waals surface area contributed by atoms with Gasteiger partial charge in [-0.15, -0.1) is 10.2 Å². The number of fused-ring (bicyclic) bond motifs is 1. The Kier molecular flexibility index (Phi) is 5.85. The van der Waals surface area contributed by atoms with Gasteiger partial charge in [-0.2, -0.15) is 0 Å². The zero-order valence-electron chi connectivity index (χ0n) is 17.3. The van der Waals surface area contributed by atoms with Gasteiger partial charge in [-0.25, -0.2) is 4.98 Å². The number of imidazole rings is 1. The summed E-state index contributed by atoms with van der Waals surface area (Å²) in [6.07, 6.45) is 1.47. The van der Waals surface area contributed by atoms with Gasteiger partial charge in [0.2, 0.25) is 5.91 Å². The van der Waals surface area contributed by atoms with Gasteiger partial charge in [0.15, 0.2) is 5.16 Å². The number of nitrogens with one attached hydrogen (secondary N) is 2. The first kappa shape index (κ1) is 20.2. The number of carbonyl (C=O) groups excluding carboxylic acids is 1. The maximum Gasteiger partial charge on any atom is 0.234 e. The number of nitrogens with zero attached hydrogens (tertiary/aromatic N) is 4. The third-order valence-electron chi connectivity index (χ3n) is 4.79. The van der Waals surface area contributed by atoms with Crippen LogP contribution in [-0.2, 0) is 24.7 Å². The minimum Gasteiger partial charge on any atom is -0.342 e. The zero-order chi connectivity index (χ0) is 21.1. The van der Waals surface area contributed by atoms with E-state index in [0.717, 1.165) is 57.5 Å². The molecule has 0 spiro atoms. The van der Waals surface area contributed by atoms with Crippen LogP contribution in [0.4, 0.5) is 5.69 Å². The summed E-state index contributed by atoms with van der Waals surface area (Å²) in [5.74, 6) is 2.02. The molecule has 2 aromatic heterocycles. The topological polar surface area (TPSA) is 88.5 Å². The predicted molar refractivity (Wildman–Crippen MR) is 120 cm³/mol. The van der Waals surface area contributed by atoms with Crippen LogP contribution in [0.3, 0.4) is 0 Å². The van der Waals surface area contributed by atoms with E-state index in [2.05, 4.69) is 31.5 Å². The van der Waals surface area contributed by atoms with E-state index in [1.165, 1.54) is 11.8 Å². The SMILES string of the molecule is Cc1cc(C)cc(NC(=O)CSc2nnc(CCc3nc4ccccc4[nH]3)n2C)c1. The molecule has 4 rings (SSSR count). The molecule has 154 valence electrons. The van der Waals surface area contributed by atoms with Crippen LogP contribution in [0, 0.1) is 13.8 Å². The molecule has 0 unspecified atom stereocenters. The van der Waals surface area contributed by atoms with Crippen molar-refractivity contribution in [3.05, 3.63) is 65.2 Å². The van der Waals surface area contributed by atoms with E-state index >= 15 is 0 Å². The Morgan fingerprint density at radius 2 is 1.87 bits per heavy atom. The number of hydrogen-bond acceptors (Lipinski definition) is 5. The summed E-state index contributed by atoms with van der Waals surface area (Å²) in [5, 5.41) is 12.2. The van der Waals surface area contributed by atoms with Crippen LogP contribution in [0.25, 0.3) is 11.0 Å². The van der Waals surface area contributed by atoms with Crippen LogP contribution in [0.15, 0.2) is 47.6 Å². The normalized spacial score (nSPS) is 11.2. The van der Waals surface area contributed by atoms with Crippen molar-refractivity contribution in [3.63, 3.8) is 0 Å². The van der Waals surface area contributed by atoms with Crippen molar-refractivity contribution in [1.82, 2.24) is 24.7 Å². The fourth-order valence-electron chi connectivity index (χ4n) is 3.42. The fourth-order valence-corrected chi connectivity index (χ4v) is 4.15. The molecular weight excluding hydrogens is 396 g/mol. The van der Waals surface area contributed by atoms with Crippen LogP contribution in [0.5, 0.6) is 0 Å². The van der Waals surface area contributed by atoms with Gasteiger partial charge in [-0.1, -0.05) is 30.0 Å². The van der Waals surface area contributed by atoms with Crippen LogP contribution in [-0.4, -0.2) is 36.4 Å². The first-order valence-electron chi connectivity index (χ1n) is 9.81. The van der Waals surface area contributed by atoms with Crippen LogP contribution in [0.1, 0.15) is 22.8 Å². The van der Waals surface area contributed by atoms with Crippen LogP contribution in [0.2, 0.25) is 0 Å². The molecule has 30 heavy (non-hydrogen) atoms. The van der Waals surface area contributed by atoms with E-state index in [1.807, 2.05) is 61.9 Å². The van der Waals surface area contributed by atoms with Gasteiger partial charge in [0, 0.05) is 25.6 Å². The number of thioether (sulfide) groups is 1. The monoisotopic (exact) mass is 420 g/mol.